The van der Waals surface area contributed by atoms with Crippen molar-refractivity contribution in [2.24, 2.45) is 5.10 Å². The average molecular weight is 582 g/mol. The van der Waals surface area contributed by atoms with Crippen LogP contribution in [0.5, 0.6) is 0 Å². The number of sulfonamides is 1. The fraction of sp³-hybridized carbons (Fsp3) is 0.130. The Bertz CT molecular complexity index is 1260. The summed E-state index contributed by atoms with van der Waals surface area (Å²) < 4.78 is 28.8. The number of hydrogen-bond donors (Lipinski definition) is 1. The van der Waals surface area contributed by atoms with Crippen molar-refractivity contribution in [2.45, 2.75) is 18.7 Å². The molecule has 0 atom stereocenters. The summed E-state index contributed by atoms with van der Waals surface area (Å²) in [5.41, 5.74) is 5.04. The third-order valence-electron chi connectivity index (χ3n) is 4.61. The fourth-order valence-electron chi connectivity index (χ4n) is 2.88. The standard InChI is InChI=1S/C23H21ClIN3O3S/c1-16-10-12-20(13-11-16)32(30,31)28(22-9-4-3-8-21(22)24)15-23(29)27-26-17(2)18-6-5-7-19(25)14-18/h3-14H,15H2,1-2H3,(H,27,29)/b26-17-. The highest BCUT2D eigenvalue weighted by Gasteiger charge is 2.28. The summed E-state index contributed by atoms with van der Waals surface area (Å²) in [6.45, 7) is 3.15. The molecule has 0 aliphatic rings. The molecule has 9 heteroatoms. The molecule has 3 rings (SSSR count). The lowest BCUT2D eigenvalue weighted by molar-refractivity contribution is -0.119. The smallest absolute Gasteiger partial charge is 0.264 e. The predicted octanol–water partition coefficient (Wildman–Crippen LogP) is 4.99. The lowest BCUT2D eigenvalue weighted by Crippen LogP contribution is -2.40. The molecule has 1 amide bonds. The molecule has 32 heavy (non-hydrogen) atoms. The third kappa shape index (κ3) is 5.87. The number of carbonyl (C=O) groups is 1. The minimum Gasteiger partial charge on any atom is -0.271 e. The van der Waals surface area contributed by atoms with E-state index in [1.54, 1.807) is 43.3 Å². The number of benzene rings is 3. The van der Waals surface area contributed by atoms with Crippen LogP contribution in [-0.4, -0.2) is 26.6 Å². The topological polar surface area (TPSA) is 78.8 Å². The molecule has 0 heterocycles. The first-order chi connectivity index (χ1) is 15.2. The van der Waals surface area contributed by atoms with E-state index in [0.717, 1.165) is 19.0 Å². The molecule has 6 nitrogen and oxygen atoms in total. The van der Waals surface area contributed by atoms with Gasteiger partial charge in [0.05, 0.1) is 21.3 Å². The van der Waals surface area contributed by atoms with Crippen molar-refractivity contribution in [3.05, 3.63) is 92.5 Å². The fourth-order valence-corrected chi connectivity index (χ4v) is 5.15. The van der Waals surface area contributed by atoms with Crippen LogP contribution in [0.3, 0.4) is 0 Å². The summed E-state index contributed by atoms with van der Waals surface area (Å²) in [7, 11) is -4.05. The number of amides is 1. The Morgan fingerprint density at radius 3 is 2.41 bits per heavy atom. The molecule has 0 fully saturated rings. The van der Waals surface area contributed by atoms with Crippen LogP contribution < -0.4 is 9.73 Å². The van der Waals surface area contributed by atoms with Gasteiger partial charge in [0.2, 0.25) is 0 Å². The van der Waals surface area contributed by atoms with Gasteiger partial charge in [-0.25, -0.2) is 13.8 Å². The van der Waals surface area contributed by atoms with Gasteiger partial charge in [-0.15, -0.1) is 0 Å². The molecule has 1 N–H and O–H groups in total. The molecule has 0 aliphatic heterocycles. The largest absolute Gasteiger partial charge is 0.271 e. The van der Waals surface area contributed by atoms with Gasteiger partial charge in [-0.3, -0.25) is 9.10 Å². The molecule has 0 saturated heterocycles. The maximum absolute atomic E-state index is 13.4. The number of nitrogens with one attached hydrogen (secondary N) is 1. The zero-order valence-electron chi connectivity index (χ0n) is 17.4. The van der Waals surface area contributed by atoms with Gasteiger partial charge >= 0.3 is 0 Å². The van der Waals surface area contributed by atoms with Gasteiger partial charge in [0, 0.05) is 3.57 Å². The van der Waals surface area contributed by atoms with Crippen molar-refractivity contribution in [3.63, 3.8) is 0 Å². The SMILES string of the molecule is C/C(=N/NC(=O)CN(c1ccccc1Cl)S(=O)(=O)c1ccc(C)cc1)c1cccc(I)c1. The molecular weight excluding hydrogens is 561 g/mol. The summed E-state index contributed by atoms with van der Waals surface area (Å²) in [6, 6.07) is 20.6. The first-order valence-corrected chi connectivity index (χ1v) is 12.5. The van der Waals surface area contributed by atoms with Gasteiger partial charge < -0.3 is 0 Å². The second-order valence-electron chi connectivity index (χ2n) is 7.02. The van der Waals surface area contributed by atoms with E-state index in [1.165, 1.54) is 12.1 Å². The van der Waals surface area contributed by atoms with Crippen molar-refractivity contribution in [3.8, 4) is 0 Å². The Balaban J connectivity index is 1.89. The molecule has 3 aromatic rings. The minimum absolute atomic E-state index is 0.0642. The molecule has 0 aliphatic carbocycles. The maximum atomic E-state index is 13.4. The molecular formula is C23H21ClIN3O3S. The van der Waals surface area contributed by atoms with Gasteiger partial charge in [0.1, 0.15) is 6.54 Å². The highest BCUT2D eigenvalue weighted by atomic mass is 127. The number of anilines is 1. The summed E-state index contributed by atoms with van der Waals surface area (Å²) in [5.74, 6) is -0.592. The molecule has 0 saturated carbocycles. The van der Waals surface area contributed by atoms with Crippen LogP contribution in [0.25, 0.3) is 0 Å². The zero-order chi connectivity index (χ0) is 23.3. The summed E-state index contributed by atoms with van der Waals surface area (Å²) in [5, 5.41) is 4.35. The molecule has 0 spiro atoms. The summed E-state index contributed by atoms with van der Waals surface area (Å²) >= 11 is 8.47. The van der Waals surface area contributed by atoms with E-state index in [0.29, 0.717) is 5.71 Å². The lowest BCUT2D eigenvalue weighted by Gasteiger charge is -2.24. The number of aryl methyl sites for hydroxylation is 1. The molecule has 0 aromatic heterocycles. The average Bonchev–Trinajstić information content (AvgIpc) is 2.76. The number of carbonyl (C=O) groups excluding carboxylic acids is 1. The molecule has 3 aromatic carbocycles. The number of para-hydroxylation sites is 1. The van der Waals surface area contributed by atoms with Gasteiger partial charge in [-0.1, -0.05) is 53.6 Å². The van der Waals surface area contributed by atoms with Gasteiger partial charge in [-0.05, 0) is 78.4 Å². The second-order valence-corrected chi connectivity index (χ2v) is 10.5. The Morgan fingerprint density at radius 1 is 1.06 bits per heavy atom. The van der Waals surface area contributed by atoms with Crippen LogP contribution >= 0.6 is 34.2 Å². The number of halogens is 2. The van der Waals surface area contributed by atoms with E-state index in [9.17, 15) is 13.2 Å². The van der Waals surface area contributed by atoms with Crippen LogP contribution in [0.4, 0.5) is 5.69 Å². The molecule has 0 bridgehead atoms. The second kappa shape index (κ2) is 10.5. The predicted molar refractivity (Wildman–Crippen MR) is 137 cm³/mol. The highest BCUT2D eigenvalue weighted by molar-refractivity contribution is 14.1. The quantitative estimate of drug-likeness (QED) is 0.243. The van der Waals surface area contributed by atoms with E-state index in [-0.39, 0.29) is 15.6 Å². The lowest BCUT2D eigenvalue weighted by atomic mass is 10.1. The van der Waals surface area contributed by atoms with Gasteiger partial charge in [0.25, 0.3) is 15.9 Å². The van der Waals surface area contributed by atoms with Gasteiger partial charge in [-0.2, -0.15) is 5.10 Å². The summed E-state index contributed by atoms with van der Waals surface area (Å²) in [4.78, 5) is 12.8. The molecule has 0 unspecified atom stereocenters. The van der Waals surface area contributed by atoms with Crippen LogP contribution in [0.1, 0.15) is 18.1 Å². The first kappa shape index (κ1) is 24.2. The van der Waals surface area contributed by atoms with Crippen LogP contribution in [0.15, 0.2) is 82.8 Å². The maximum Gasteiger partial charge on any atom is 0.264 e. The number of hydrazone groups is 1. The van der Waals surface area contributed by atoms with E-state index >= 15 is 0 Å². The van der Waals surface area contributed by atoms with E-state index in [2.05, 4.69) is 33.1 Å². The van der Waals surface area contributed by atoms with E-state index in [4.69, 9.17) is 11.6 Å². The monoisotopic (exact) mass is 581 g/mol. The van der Waals surface area contributed by atoms with Crippen molar-refractivity contribution in [2.75, 3.05) is 10.8 Å². The number of nitrogens with zero attached hydrogens (tertiary/aromatic N) is 2. The van der Waals surface area contributed by atoms with Crippen LogP contribution in [0, 0.1) is 10.5 Å². The third-order valence-corrected chi connectivity index (χ3v) is 7.37. The number of hydrogen-bond acceptors (Lipinski definition) is 4. The Labute approximate surface area is 206 Å². The highest BCUT2D eigenvalue weighted by Crippen LogP contribution is 2.30. The first-order valence-electron chi connectivity index (χ1n) is 9.61. The van der Waals surface area contributed by atoms with E-state index in [1.807, 2.05) is 31.2 Å². The normalized spacial score (nSPS) is 11.8. The summed E-state index contributed by atoms with van der Waals surface area (Å²) in [6.07, 6.45) is 0. The van der Waals surface area contributed by atoms with E-state index < -0.39 is 22.5 Å². The zero-order valence-corrected chi connectivity index (χ0v) is 21.1. The molecule has 0 radical (unpaired) electrons. The van der Waals surface area contributed by atoms with Crippen LogP contribution in [0.2, 0.25) is 5.02 Å². The Kier molecular flexibility index (Phi) is 7.91. The molecule has 166 valence electrons. The van der Waals surface area contributed by atoms with Crippen molar-refractivity contribution in [1.82, 2.24) is 5.43 Å². The van der Waals surface area contributed by atoms with Crippen molar-refractivity contribution >= 4 is 61.5 Å². The van der Waals surface area contributed by atoms with Gasteiger partial charge in [0.15, 0.2) is 0 Å². The van der Waals surface area contributed by atoms with Crippen molar-refractivity contribution < 1.29 is 13.2 Å². The minimum atomic E-state index is -4.05. The van der Waals surface area contributed by atoms with Crippen LogP contribution in [-0.2, 0) is 14.8 Å². The number of rotatable bonds is 7. The Hall–Kier alpha value is -2.43. The Morgan fingerprint density at radius 2 is 1.75 bits per heavy atom. The van der Waals surface area contributed by atoms with Crippen molar-refractivity contribution in [1.29, 1.82) is 0 Å².